The van der Waals surface area contributed by atoms with Gasteiger partial charge < -0.3 is 34.6 Å². The summed E-state index contributed by atoms with van der Waals surface area (Å²) in [5.74, 6) is 1.05. The molecule has 8 heterocycles. The van der Waals surface area contributed by atoms with Crippen molar-refractivity contribution in [2.45, 2.75) is 107 Å². The number of benzene rings is 4. The number of anilines is 2. The number of hydrogen-bond donors (Lipinski definition) is 2. The van der Waals surface area contributed by atoms with Crippen LogP contribution in [0.25, 0.3) is 20.8 Å². The molecule has 1 aromatic heterocycles. The smallest absolute Gasteiger partial charge is 0.266 e. The normalized spacial score (nSPS) is 22.9. The first kappa shape index (κ1) is 54.2. The number of fused-ring (bicyclic) bond motifs is 2. The molecule has 4 aromatic carbocycles. The SMILES string of the molecule is O=C1CCC(c2ccc(N3CCC(CN4CCC(CC5CCN(C(=O)C6CCN(C(=O)C7(Oc8ccccc8-c8nc9cccc(Cl)c9s8)CCN(C(=O)[C@H]8CC(=O)Nc9ccccc98)CC7)CC6)CC5)CC4)CC3)cc2)C(=O)N1. The second-order valence-electron chi connectivity index (χ2n) is 23.8. The van der Waals surface area contributed by atoms with Crippen LogP contribution in [-0.4, -0.2) is 138 Å². The molecule has 15 nitrogen and oxygen atoms in total. The van der Waals surface area contributed by atoms with Gasteiger partial charge in [-0.2, -0.15) is 0 Å². The molecule has 0 radical (unpaired) electrons. The largest absolute Gasteiger partial charge is 0.477 e. The number of carbonyl (C=O) groups excluding carboxylic acids is 6. The Morgan fingerprint density at radius 3 is 2.04 bits per heavy atom. The molecular formula is C63H73ClN8O7S. The lowest BCUT2D eigenvalue weighted by Crippen LogP contribution is -2.60. The molecule has 2 N–H and O–H groups in total. The molecule has 17 heteroatoms. The molecule has 0 aliphatic carbocycles. The van der Waals surface area contributed by atoms with Crippen molar-refractivity contribution in [2.24, 2.45) is 23.7 Å². The number of nitrogens with zero attached hydrogens (tertiary/aromatic N) is 6. The van der Waals surface area contributed by atoms with E-state index in [4.69, 9.17) is 21.3 Å². The number of aromatic nitrogens is 1. The quantitative estimate of drug-likeness (QED) is 0.115. The highest BCUT2D eigenvalue weighted by atomic mass is 35.5. The molecule has 5 aromatic rings. The Balaban J connectivity index is 0.615. The minimum atomic E-state index is -1.28. The summed E-state index contributed by atoms with van der Waals surface area (Å²) < 4.78 is 7.95. The Morgan fingerprint density at radius 2 is 1.31 bits per heavy atom. The fourth-order valence-corrected chi connectivity index (χ4v) is 15.4. The van der Waals surface area contributed by atoms with Crippen molar-refractivity contribution in [1.82, 2.24) is 29.9 Å². The van der Waals surface area contributed by atoms with E-state index in [1.807, 2.05) is 71.6 Å². The third-order valence-electron chi connectivity index (χ3n) is 18.8. The fraction of sp³-hybridized carbons (Fsp3) is 0.508. The molecule has 6 fully saturated rings. The van der Waals surface area contributed by atoms with Crippen LogP contribution < -0.4 is 20.3 Å². The van der Waals surface area contributed by atoms with E-state index in [0.29, 0.717) is 67.1 Å². The number of hydrogen-bond acceptors (Lipinski definition) is 11. The standard InChI is InChI=1S/C63H73ClN8O7S/c64-51-8-5-10-53-57(51)80-59(66-53)49-7-2-4-11-54(49)79-63(26-36-71(37-27-63)61(77)50-39-56(74)65-52-9-3-1-6-48(50)52)62(78)72-34-24-45(25-35-72)60(76)70-32-20-42(21-33-70)38-41-18-28-68(29-19-41)40-43-22-30-69(31-23-43)46-14-12-44(13-15-46)47-16-17-55(73)67-58(47)75/h1-15,41-43,45,47,50H,16-40H2,(H,65,74)(H,67,73,75)/t47?,50-/m0/s1. The number of nitrogens with one attached hydrogen (secondary N) is 2. The summed E-state index contributed by atoms with van der Waals surface area (Å²) in [6.45, 7) is 8.67. The van der Waals surface area contributed by atoms with Gasteiger partial charge in [0.05, 0.1) is 32.6 Å². The molecule has 1 unspecified atom stereocenters. The lowest BCUT2D eigenvalue weighted by Gasteiger charge is -2.45. The molecule has 2 atom stereocenters. The van der Waals surface area contributed by atoms with Gasteiger partial charge in [0.15, 0.2) is 5.60 Å². The van der Waals surface area contributed by atoms with Gasteiger partial charge in [-0.1, -0.05) is 60.1 Å². The Morgan fingerprint density at radius 1 is 0.650 bits per heavy atom. The minimum Gasteiger partial charge on any atom is -0.477 e. The molecule has 7 aliphatic heterocycles. The molecule has 6 saturated heterocycles. The topological polar surface area (TPSA) is 165 Å². The van der Waals surface area contributed by atoms with Crippen LogP contribution in [0.15, 0.2) is 91.0 Å². The van der Waals surface area contributed by atoms with Crippen LogP contribution in [0.1, 0.15) is 113 Å². The number of carbonyl (C=O) groups is 6. The Labute approximate surface area is 477 Å². The maximum Gasteiger partial charge on any atom is 0.266 e. The average molecular weight is 1120 g/mol. The predicted octanol–water partition coefficient (Wildman–Crippen LogP) is 9.50. The van der Waals surface area contributed by atoms with Crippen LogP contribution in [0.2, 0.25) is 5.02 Å². The molecule has 6 amide bonds. The molecule has 0 bridgehead atoms. The van der Waals surface area contributed by atoms with Gasteiger partial charge in [0.2, 0.25) is 29.5 Å². The first-order chi connectivity index (χ1) is 38.9. The van der Waals surface area contributed by atoms with E-state index in [1.54, 1.807) is 4.90 Å². The molecule has 0 spiro atoms. The number of para-hydroxylation sites is 2. The average Bonchev–Trinajstić information content (AvgIpc) is 3.95. The summed E-state index contributed by atoms with van der Waals surface area (Å²) >= 11 is 8.08. The van der Waals surface area contributed by atoms with Crippen molar-refractivity contribution in [3.8, 4) is 16.3 Å². The van der Waals surface area contributed by atoms with Crippen LogP contribution >= 0.6 is 22.9 Å². The van der Waals surface area contributed by atoms with E-state index < -0.39 is 11.5 Å². The summed E-state index contributed by atoms with van der Waals surface area (Å²) in [6.07, 6.45) is 11.0. The van der Waals surface area contributed by atoms with E-state index in [-0.39, 0.29) is 79.6 Å². The van der Waals surface area contributed by atoms with Crippen molar-refractivity contribution in [1.29, 1.82) is 0 Å². The van der Waals surface area contributed by atoms with Crippen LogP contribution in [0, 0.1) is 23.7 Å². The van der Waals surface area contributed by atoms with Gasteiger partial charge >= 0.3 is 0 Å². The zero-order chi connectivity index (χ0) is 54.9. The molecule has 420 valence electrons. The van der Waals surface area contributed by atoms with E-state index in [9.17, 15) is 24.0 Å². The fourth-order valence-electron chi connectivity index (χ4n) is 14.1. The maximum absolute atomic E-state index is 15.2. The van der Waals surface area contributed by atoms with Gasteiger partial charge in [0, 0.05) is 102 Å². The number of likely N-dealkylation sites (tertiary alicyclic amines) is 4. The van der Waals surface area contributed by atoms with Crippen LogP contribution in [-0.2, 0) is 28.8 Å². The lowest BCUT2D eigenvalue weighted by atomic mass is 9.82. The summed E-state index contributed by atoms with van der Waals surface area (Å²) in [6, 6.07) is 29.2. The van der Waals surface area contributed by atoms with Gasteiger partial charge in [-0.15, -0.1) is 11.3 Å². The second-order valence-corrected chi connectivity index (χ2v) is 25.2. The Bertz CT molecular complexity index is 3110. The van der Waals surface area contributed by atoms with Crippen LogP contribution in [0.5, 0.6) is 5.75 Å². The first-order valence-electron chi connectivity index (χ1n) is 29.4. The zero-order valence-corrected chi connectivity index (χ0v) is 47.2. The number of rotatable bonds is 12. The summed E-state index contributed by atoms with van der Waals surface area (Å²) in [4.78, 5) is 96.3. The minimum absolute atomic E-state index is 0.0679. The highest BCUT2D eigenvalue weighted by Gasteiger charge is 2.49. The van der Waals surface area contributed by atoms with E-state index in [2.05, 4.69) is 49.6 Å². The van der Waals surface area contributed by atoms with Crippen molar-refractivity contribution >= 4 is 80.0 Å². The highest BCUT2D eigenvalue weighted by molar-refractivity contribution is 7.22. The van der Waals surface area contributed by atoms with Crippen LogP contribution in [0.4, 0.5) is 11.4 Å². The second kappa shape index (κ2) is 23.6. The van der Waals surface area contributed by atoms with Crippen molar-refractivity contribution in [3.63, 3.8) is 0 Å². The van der Waals surface area contributed by atoms with Gasteiger partial charge in [0.1, 0.15) is 10.8 Å². The van der Waals surface area contributed by atoms with Gasteiger partial charge in [-0.05, 0) is 149 Å². The number of imide groups is 1. The van der Waals surface area contributed by atoms with Crippen molar-refractivity contribution in [3.05, 3.63) is 107 Å². The van der Waals surface area contributed by atoms with Crippen LogP contribution in [0.3, 0.4) is 0 Å². The highest BCUT2D eigenvalue weighted by Crippen LogP contribution is 2.43. The van der Waals surface area contributed by atoms with E-state index in [1.165, 1.54) is 68.8 Å². The van der Waals surface area contributed by atoms with Crippen molar-refractivity contribution in [2.75, 3.05) is 82.2 Å². The third kappa shape index (κ3) is 11.6. The third-order valence-corrected chi connectivity index (χ3v) is 20.4. The number of amides is 6. The molecular weight excluding hydrogens is 1050 g/mol. The summed E-state index contributed by atoms with van der Waals surface area (Å²) in [5.41, 5.74) is 3.91. The van der Waals surface area contributed by atoms with Gasteiger partial charge in [0.25, 0.3) is 5.91 Å². The molecule has 7 aliphatic rings. The van der Waals surface area contributed by atoms with E-state index in [0.717, 1.165) is 76.9 Å². The number of ether oxygens (including phenoxy) is 1. The molecule has 80 heavy (non-hydrogen) atoms. The number of thiazole rings is 1. The maximum atomic E-state index is 15.2. The summed E-state index contributed by atoms with van der Waals surface area (Å²) in [7, 11) is 0. The van der Waals surface area contributed by atoms with Gasteiger partial charge in [-0.3, -0.25) is 34.1 Å². The monoisotopic (exact) mass is 1120 g/mol. The Hall–Kier alpha value is -6.36. The molecule has 0 saturated carbocycles. The first-order valence-corrected chi connectivity index (χ1v) is 30.6. The van der Waals surface area contributed by atoms with E-state index >= 15 is 4.79 Å². The zero-order valence-electron chi connectivity index (χ0n) is 45.6. The van der Waals surface area contributed by atoms with Gasteiger partial charge in [-0.25, -0.2) is 4.98 Å². The molecule has 12 rings (SSSR count). The predicted molar refractivity (Wildman–Crippen MR) is 311 cm³/mol. The number of piperidine rings is 6. The Kier molecular flexibility index (Phi) is 16.0. The summed E-state index contributed by atoms with van der Waals surface area (Å²) in [5, 5.41) is 6.74. The van der Waals surface area contributed by atoms with Crippen molar-refractivity contribution < 1.29 is 33.5 Å². The number of halogens is 1. The lowest BCUT2D eigenvalue weighted by molar-refractivity contribution is -0.158.